The molecule has 0 aliphatic rings. The van der Waals surface area contributed by atoms with E-state index in [2.05, 4.69) is 22.4 Å². The molecule has 0 atom stereocenters. The summed E-state index contributed by atoms with van der Waals surface area (Å²) in [5.74, 6) is 0. The second kappa shape index (κ2) is 4.80. The first kappa shape index (κ1) is 9.99. The van der Waals surface area contributed by atoms with E-state index in [0.29, 0.717) is 5.02 Å². The first-order valence-electron chi connectivity index (χ1n) is 4.73. The molecule has 1 aromatic carbocycles. The predicted octanol–water partition coefficient (Wildman–Crippen LogP) is 3.35. The van der Waals surface area contributed by atoms with Crippen LogP contribution < -0.4 is 5.32 Å². The van der Waals surface area contributed by atoms with E-state index in [4.69, 9.17) is 11.6 Å². The maximum Gasteiger partial charge on any atom is 0.0609 e. The van der Waals surface area contributed by atoms with Crippen LogP contribution in [0.1, 0.15) is 5.56 Å². The monoisotopic (exact) mass is 218 g/mol. The summed E-state index contributed by atoms with van der Waals surface area (Å²) >= 11 is 5.82. The molecule has 1 aromatic heterocycles. The minimum absolute atomic E-state index is 0.646. The number of benzene rings is 1. The number of hydrogen-bond acceptors (Lipinski definition) is 2. The number of aromatic nitrogens is 1. The van der Waals surface area contributed by atoms with Crippen LogP contribution in [0.15, 0.2) is 48.8 Å². The van der Waals surface area contributed by atoms with Crippen molar-refractivity contribution >= 4 is 17.3 Å². The molecule has 0 radical (unpaired) electrons. The zero-order valence-electron chi connectivity index (χ0n) is 8.15. The second-order valence-corrected chi connectivity index (χ2v) is 3.67. The molecule has 2 nitrogen and oxygen atoms in total. The van der Waals surface area contributed by atoms with Gasteiger partial charge in [0.25, 0.3) is 0 Å². The third-order valence-electron chi connectivity index (χ3n) is 2.04. The molecule has 3 heteroatoms. The summed E-state index contributed by atoms with van der Waals surface area (Å²) in [6.07, 6.45) is 3.38. The van der Waals surface area contributed by atoms with Gasteiger partial charge in [-0.2, -0.15) is 0 Å². The van der Waals surface area contributed by atoms with Gasteiger partial charge in [0.2, 0.25) is 0 Å². The van der Waals surface area contributed by atoms with E-state index in [1.807, 2.05) is 24.3 Å². The normalized spacial score (nSPS) is 9.93. The second-order valence-electron chi connectivity index (χ2n) is 3.23. The average Bonchev–Trinajstić information content (AvgIpc) is 2.28. The van der Waals surface area contributed by atoms with Crippen molar-refractivity contribution in [3.63, 3.8) is 0 Å². The summed E-state index contributed by atoms with van der Waals surface area (Å²) in [4.78, 5) is 4.00. The van der Waals surface area contributed by atoms with Gasteiger partial charge in [-0.15, -0.1) is 0 Å². The maximum atomic E-state index is 5.82. The van der Waals surface area contributed by atoms with Gasteiger partial charge in [0.1, 0.15) is 0 Å². The number of rotatable bonds is 3. The smallest absolute Gasteiger partial charge is 0.0609 e. The van der Waals surface area contributed by atoms with Gasteiger partial charge in [0.15, 0.2) is 0 Å². The lowest BCUT2D eigenvalue weighted by atomic mass is 10.2. The van der Waals surface area contributed by atoms with Gasteiger partial charge in [-0.05, 0) is 11.6 Å². The quantitative estimate of drug-likeness (QED) is 0.855. The Hall–Kier alpha value is -1.54. The lowest BCUT2D eigenvalue weighted by Crippen LogP contribution is -1.99. The molecule has 0 aliphatic heterocycles. The van der Waals surface area contributed by atoms with E-state index >= 15 is 0 Å². The molecule has 1 N–H and O–H groups in total. The highest BCUT2D eigenvalue weighted by molar-refractivity contribution is 6.30. The summed E-state index contributed by atoms with van der Waals surface area (Å²) in [7, 11) is 0. The molecule has 0 amide bonds. The zero-order valence-corrected chi connectivity index (χ0v) is 8.91. The fourth-order valence-electron chi connectivity index (χ4n) is 1.31. The van der Waals surface area contributed by atoms with Crippen molar-refractivity contribution in [3.8, 4) is 0 Å². The molecule has 1 heterocycles. The first-order chi connectivity index (χ1) is 7.34. The van der Waals surface area contributed by atoms with Crippen molar-refractivity contribution in [2.75, 3.05) is 5.32 Å². The third-order valence-corrected chi connectivity index (χ3v) is 2.25. The van der Waals surface area contributed by atoms with E-state index < -0.39 is 0 Å². The van der Waals surface area contributed by atoms with Crippen LogP contribution in [0.2, 0.25) is 5.02 Å². The lowest BCUT2D eigenvalue weighted by Gasteiger charge is -2.05. The van der Waals surface area contributed by atoms with E-state index in [9.17, 15) is 0 Å². The number of pyridine rings is 1. The van der Waals surface area contributed by atoms with Crippen molar-refractivity contribution < 1.29 is 0 Å². The molecule has 0 fully saturated rings. The van der Waals surface area contributed by atoms with Crippen molar-refractivity contribution in [1.29, 1.82) is 0 Å². The van der Waals surface area contributed by atoms with Gasteiger partial charge in [-0.3, -0.25) is 4.98 Å². The fraction of sp³-hybridized carbons (Fsp3) is 0.0833. The third kappa shape index (κ3) is 2.96. The molecule has 0 saturated carbocycles. The minimum Gasteiger partial charge on any atom is -0.380 e. The molecule has 2 rings (SSSR count). The van der Waals surface area contributed by atoms with E-state index in [0.717, 1.165) is 12.2 Å². The molecule has 76 valence electrons. The fourth-order valence-corrected chi connectivity index (χ4v) is 1.48. The van der Waals surface area contributed by atoms with Crippen molar-refractivity contribution in [1.82, 2.24) is 4.98 Å². The van der Waals surface area contributed by atoms with Crippen molar-refractivity contribution in [2.45, 2.75) is 6.54 Å². The van der Waals surface area contributed by atoms with Crippen LogP contribution in [-0.2, 0) is 6.54 Å². The van der Waals surface area contributed by atoms with E-state index in [1.54, 1.807) is 12.4 Å². The maximum absolute atomic E-state index is 5.82. The molecule has 0 unspecified atom stereocenters. The van der Waals surface area contributed by atoms with E-state index in [1.165, 1.54) is 5.56 Å². The Balaban J connectivity index is 1.99. The Kier molecular flexibility index (Phi) is 3.20. The highest BCUT2D eigenvalue weighted by Crippen LogP contribution is 2.13. The van der Waals surface area contributed by atoms with Crippen LogP contribution in [0.25, 0.3) is 0 Å². The standard InChI is InChI=1S/C12H11ClN2/c13-11-6-12(9-14-8-11)15-7-10-4-2-1-3-5-10/h1-6,8-9,15H,7H2. The van der Waals surface area contributed by atoms with Gasteiger partial charge < -0.3 is 5.32 Å². The predicted molar refractivity (Wildman–Crippen MR) is 63.0 cm³/mol. The van der Waals surface area contributed by atoms with Crippen LogP contribution in [0.5, 0.6) is 0 Å². The van der Waals surface area contributed by atoms with Gasteiger partial charge in [0, 0.05) is 12.7 Å². The van der Waals surface area contributed by atoms with Crippen LogP contribution in [-0.4, -0.2) is 4.98 Å². The lowest BCUT2D eigenvalue weighted by molar-refractivity contribution is 1.14. The number of anilines is 1. The highest BCUT2D eigenvalue weighted by atomic mass is 35.5. The van der Waals surface area contributed by atoms with Crippen LogP contribution in [0.3, 0.4) is 0 Å². The number of halogens is 1. The molecule has 0 aliphatic carbocycles. The van der Waals surface area contributed by atoms with Crippen molar-refractivity contribution in [2.24, 2.45) is 0 Å². The zero-order chi connectivity index (χ0) is 10.5. The molecular formula is C12H11ClN2. The number of nitrogens with one attached hydrogen (secondary N) is 1. The Morgan fingerprint density at radius 3 is 2.67 bits per heavy atom. The van der Waals surface area contributed by atoms with Crippen LogP contribution in [0, 0.1) is 0 Å². The van der Waals surface area contributed by atoms with Gasteiger partial charge in [-0.25, -0.2) is 0 Å². The summed E-state index contributed by atoms with van der Waals surface area (Å²) in [5.41, 5.74) is 2.17. The summed E-state index contributed by atoms with van der Waals surface area (Å²) in [5, 5.41) is 3.90. The van der Waals surface area contributed by atoms with Crippen molar-refractivity contribution in [3.05, 3.63) is 59.4 Å². The highest BCUT2D eigenvalue weighted by Gasteiger charge is 1.94. The number of nitrogens with zero attached hydrogens (tertiary/aromatic N) is 1. The Bertz CT molecular complexity index is 429. The molecule has 2 aromatic rings. The summed E-state index contributed by atoms with van der Waals surface area (Å²) < 4.78 is 0. The molecule has 0 saturated heterocycles. The van der Waals surface area contributed by atoms with E-state index in [-0.39, 0.29) is 0 Å². The minimum atomic E-state index is 0.646. The van der Waals surface area contributed by atoms with Gasteiger partial charge >= 0.3 is 0 Å². The largest absolute Gasteiger partial charge is 0.380 e. The molecule has 0 bridgehead atoms. The number of hydrogen-bond donors (Lipinski definition) is 1. The molecule has 0 spiro atoms. The summed E-state index contributed by atoms with van der Waals surface area (Å²) in [6.45, 7) is 0.781. The van der Waals surface area contributed by atoms with Crippen LogP contribution >= 0.6 is 11.6 Å². The Labute approximate surface area is 93.9 Å². The molecule has 15 heavy (non-hydrogen) atoms. The topological polar surface area (TPSA) is 24.9 Å². The SMILES string of the molecule is Clc1cncc(NCc2ccccc2)c1. The average molecular weight is 219 g/mol. The Morgan fingerprint density at radius 1 is 1.13 bits per heavy atom. The molecular weight excluding hydrogens is 208 g/mol. The Morgan fingerprint density at radius 2 is 1.93 bits per heavy atom. The summed E-state index contributed by atoms with van der Waals surface area (Å²) in [6, 6.07) is 12.1. The van der Waals surface area contributed by atoms with Gasteiger partial charge in [0.05, 0.1) is 16.9 Å². The first-order valence-corrected chi connectivity index (χ1v) is 5.11. The van der Waals surface area contributed by atoms with Crippen LogP contribution in [0.4, 0.5) is 5.69 Å². The van der Waals surface area contributed by atoms with Gasteiger partial charge in [-0.1, -0.05) is 41.9 Å².